The van der Waals surface area contributed by atoms with E-state index in [2.05, 4.69) is 58.0 Å². The third kappa shape index (κ3) is 3.98. The van der Waals surface area contributed by atoms with E-state index < -0.39 is 0 Å². The highest BCUT2D eigenvalue weighted by atomic mass is 32.2. The van der Waals surface area contributed by atoms with Gasteiger partial charge in [0.1, 0.15) is 0 Å². The van der Waals surface area contributed by atoms with Gasteiger partial charge in [0.05, 0.1) is 0 Å². The molecule has 2 unspecified atom stereocenters. The van der Waals surface area contributed by atoms with Crippen LogP contribution in [-0.2, 0) is 0 Å². The predicted molar refractivity (Wildman–Crippen MR) is 88.1 cm³/mol. The zero-order valence-electron chi connectivity index (χ0n) is 13.2. The van der Waals surface area contributed by atoms with E-state index in [1.54, 1.807) is 0 Å². The maximum Gasteiger partial charge on any atom is 0.0473 e. The van der Waals surface area contributed by atoms with Gasteiger partial charge in [0, 0.05) is 24.4 Å². The van der Waals surface area contributed by atoms with E-state index >= 15 is 0 Å². The van der Waals surface area contributed by atoms with E-state index in [0.29, 0.717) is 18.6 Å². The number of benzene rings is 1. The van der Waals surface area contributed by atoms with Gasteiger partial charge in [0.25, 0.3) is 0 Å². The first-order chi connectivity index (χ1) is 8.92. The van der Waals surface area contributed by atoms with E-state index in [1.165, 1.54) is 22.3 Å². The van der Waals surface area contributed by atoms with Crippen molar-refractivity contribution in [3.05, 3.63) is 34.4 Å². The number of rotatable bonds is 6. The topological polar surface area (TPSA) is 29.3 Å². The van der Waals surface area contributed by atoms with Crippen LogP contribution >= 0.6 is 11.8 Å². The third-order valence-electron chi connectivity index (χ3n) is 4.06. The average Bonchev–Trinajstić information content (AvgIpc) is 2.36. The summed E-state index contributed by atoms with van der Waals surface area (Å²) >= 11 is 1.89. The summed E-state index contributed by atoms with van der Waals surface area (Å²) in [5.41, 5.74) is 11.5. The molecule has 3 heteroatoms. The zero-order chi connectivity index (χ0) is 14.6. The second-order valence-corrected chi connectivity index (χ2v) is 6.43. The Morgan fingerprint density at radius 3 is 2.26 bits per heavy atom. The number of nitrogens with two attached hydrogens (primary N) is 1. The summed E-state index contributed by atoms with van der Waals surface area (Å²) in [6, 6.07) is 5.43. The Bertz CT molecular complexity index is 417. The standard InChI is InChI=1S/C16H28N2S/c1-11-7-13(3)15(8-12(11)2)16(9-17)18(5)14(4)10-19-6/h7-8,14,16H,9-10,17H2,1-6H3. The Hall–Kier alpha value is -0.510. The molecule has 2 atom stereocenters. The number of hydrogen-bond donors (Lipinski definition) is 1. The monoisotopic (exact) mass is 280 g/mol. The smallest absolute Gasteiger partial charge is 0.0473 e. The zero-order valence-corrected chi connectivity index (χ0v) is 14.0. The van der Waals surface area contributed by atoms with Crippen LogP contribution in [0.5, 0.6) is 0 Å². The summed E-state index contributed by atoms with van der Waals surface area (Å²) in [4.78, 5) is 2.41. The fourth-order valence-electron chi connectivity index (χ4n) is 2.52. The molecule has 0 aromatic heterocycles. The minimum absolute atomic E-state index is 0.307. The van der Waals surface area contributed by atoms with E-state index in [4.69, 9.17) is 5.73 Å². The molecule has 0 radical (unpaired) electrons. The lowest BCUT2D eigenvalue weighted by atomic mass is 9.94. The molecule has 0 aliphatic carbocycles. The number of hydrogen-bond acceptors (Lipinski definition) is 3. The molecule has 2 nitrogen and oxygen atoms in total. The van der Waals surface area contributed by atoms with Crippen molar-refractivity contribution >= 4 is 11.8 Å². The normalized spacial score (nSPS) is 14.7. The second-order valence-electron chi connectivity index (χ2n) is 5.51. The minimum atomic E-state index is 0.307. The molecule has 0 aliphatic heterocycles. The summed E-state index contributed by atoms with van der Waals surface area (Å²) in [6.07, 6.45) is 2.16. The lowest BCUT2D eigenvalue weighted by molar-refractivity contribution is 0.203. The molecular formula is C16H28N2S. The average molecular weight is 280 g/mol. The number of aryl methyl sites for hydroxylation is 3. The van der Waals surface area contributed by atoms with E-state index in [0.717, 1.165) is 5.75 Å². The third-order valence-corrected chi connectivity index (χ3v) is 4.88. The van der Waals surface area contributed by atoms with Gasteiger partial charge < -0.3 is 5.73 Å². The highest BCUT2D eigenvalue weighted by Gasteiger charge is 2.21. The van der Waals surface area contributed by atoms with Crippen LogP contribution in [0.1, 0.15) is 35.2 Å². The molecule has 0 spiro atoms. The molecule has 1 aromatic carbocycles. The second kappa shape index (κ2) is 7.32. The maximum absolute atomic E-state index is 6.05. The molecule has 0 saturated carbocycles. The number of likely N-dealkylation sites (N-methyl/N-ethyl adjacent to an activating group) is 1. The molecule has 0 bridgehead atoms. The van der Waals surface area contributed by atoms with Crippen LogP contribution in [0.2, 0.25) is 0 Å². The molecule has 108 valence electrons. The van der Waals surface area contributed by atoms with Crippen molar-refractivity contribution in [2.45, 2.75) is 39.8 Å². The first-order valence-corrected chi connectivity index (χ1v) is 8.30. The van der Waals surface area contributed by atoms with E-state index in [1.807, 2.05) is 11.8 Å². The van der Waals surface area contributed by atoms with Gasteiger partial charge in [-0.3, -0.25) is 4.90 Å². The van der Waals surface area contributed by atoms with Crippen molar-refractivity contribution in [2.75, 3.05) is 25.6 Å². The molecule has 0 aliphatic rings. The van der Waals surface area contributed by atoms with Crippen LogP contribution < -0.4 is 5.73 Å². The van der Waals surface area contributed by atoms with Crippen LogP contribution in [0.15, 0.2) is 12.1 Å². The van der Waals surface area contributed by atoms with Crippen LogP contribution in [0.3, 0.4) is 0 Å². The first kappa shape index (κ1) is 16.5. The Morgan fingerprint density at radius 2 is 1.74 bits per heavy atom. The fraction of sp³-hybridized carbons (Fsp3) is 0.625. The molecule has 0 fully saturated rings. The maximum atomic E-state index is 6.05. The summed E-state index contributed by atoms with van der Waals surface area (Å²) < 4.78 is 0. The SMILES string of the molecule is CSCC(C)N(C)C(CN)c1cc(C)c(C)cc1C. The Labute approximate surface area is 122 Å². The molecule has 0 heterocycles. The fourth-order valence-corrected chi connectivity index (χ4v) is 3.24. The van der Waals surface area contributed by atoms with Crippen molar-refractivity contribution in [1.29, 1.82) is 0 Å². The molecular weight excluding hydrogens is 252 g/mol. The predicted octanol–water partition coefficient (Wildman–Crippen LogP) is 3.29. The lowest BCUT2D eigenvalue weighted by Gasteiger charge is -2.33. The molecule has 2 N–H and O–H groups in total. The van der Waals surface area contributed by atoms with Crippen molar-refractivity contribution < 1.29 is 0 Å². The van der Waals surface area contributed by atoms with Crippen LogP contribution in [0.25, 0.3) is 0 Å². The van der Waals surface area contributed by atoms with E-state index in [-0.39, 0.29) is 0 Å². The number of thioether (sulfide) groups is 1. The Balaban J connectivity index is 3.06. The van der Waals surface area contributed by atoms with Crippen LogP contribution in [0.4, 0.5) is 0 Å². The molecule has 1 aromatic rings. The van der Waals surface area contributed by atoms with Gasteiger partial charge in [-0.25, -0.2) is 0 Å². The summed E-state index contributed by atoms with van der Waals surface area (Å²) in [5, 5.41) is 0. The van der Waals surface area contributed by atoms with Crippen molar-refractivity contribution in [3.8, 4) is 0 Å². The van der Waals surface area contributed by atoms with Gasteiger partial charge >= 0.3 is 0 Å². The largest absolute Gasteiger partial charge is 0.329 e. The van der Waals surface area contributed by atoms with Crippen LogP contribution in [0, 0.1) is 20.8 Å². The summed E-state index contributed by atoms with van der Waals surface area (Å²) in [6.45, 7) is 9.48. The molecule has 0 saturated heterocycles. The van der Waals surface area contributed by atoms with Gasteiger partial charge in [-0.1, -0.05) is 12.1 Å². The molecule has 19 heavy (non-hydrogen) atoms. The van der Waals surface area contributed by atoms with Crippen molar-refractivity contribution in [2.24, 2.45) is 5.73 Å². The highest BCUT2D eigenvalue weighted by molar-refractivity contribution is 7.98. The van der Waals surface area contributed by atoms with Gasteiger partial charge in [0.2, 0.25) is 0 Å². The van der Waals surface area contributed by atoms with Crippen molar-refractivity contribution in [1.82, 2.24) is 4.90 Å². The minimum Gasteiger partial charge on any atom is -0.329 e. The number of nitrogens with zero attached hydrogens (tertiary/aromatic N) is 1. The molecule has 0 amide bonds. The summed E-state index contributed by atoms with van der Waals surface area (Å²) in [5.74, 6) is 1.14. The lowest BCUT2D eigenvalue weighted by Crippen LogP contribution is -2.38. The first-order valence-electron chi connectivity index (χ1n) is 6.91. The van der Waals surface area contributed by atoms with Gasteiger partial charge in [-0.15, -0.1) is 0 Å². The van der Waals surface area contributed by atoms with E-state index in [9.17, 15) is 0 Å². The van der Waals surface area contributed by atoms with Gasteiger partial charge in [-0.05, 0) is 63.3 Å². The van der Waals surface area contributed by atoms with Crippen LogP contribution in [-0.4, -0.2) is 36.5 Å². The summed E-state index contributed by atoms with van der Waals surface area (Å²) in [7, 11) is 2.19. The Kier molecular flexibility index (Phi) is 6.37. The highest BCUT2D eigenvalue weighted by Crippen LogP contribution is 2.26. The Morgan fingerprint density at radius 1 is 1.16 bits per heavy atom. The quantitative estimate of drug-likeness (QED) is 0.867. The van der Waals surface area contributed by atoms with Gasteiger partial charge in [-0.2, -0.15) is 11.8 Å². The van der Waals surface area contributed by atoms with Gasteiger partial charge in [0.15, 0.2) is 0 Å². The molecule has 1 rings (SSSR count). The van der Waals surface area contributed by atoms with Crippen molar-refractivity contribution in [3.63, 3.8) is 0 Å².